The minimum absolute atomic E-state index is 0. The van der Waals surface area contributed by atoms with Gasteiger partial charge in [-0.1, -0.05) is 18.6 Å². The predicted molar refractivity (Wildman–Crippen MR) is 131 cm³/mol. The molecule has 0 amide bonds. The normalized spacial score (nSPS) is 21.9. The molecule has 0 radical (unpaired) electrons. The number of halogens is 1. The third-order valence-electron chi connectivity index (χ3n) is 6.05. The van der Waals surface area contributed by atoms with Crippen LogP contribution < -0.4 is 15.5 Å². The molecule has 2 aliphatic rings. The van der Waals surface area contributed by atoms with Crippen LogP contribution in [-0.4, -0.2) is 56.7 Å². The molecule has 5 nitrogen and oxygen atoms in total. The van der Waals surface area contributed by atoms with Crippen molar-refractivity contribution in [1.29, 1.82) is 0 Å². The number of likely N-dealkylation sites (tertiary alicyclic amines) is 1. The number of nitrogens with one attached hydrogen (secondary N) is 2. The van der Waals surface area contributed by atoms with Gasteiger partial charge in [0.25, 0.3) is 0 Å². The summed E-state index contributed by atoms with van der Waals surface area (Å²) < 4.78 is 0. The number of aliphatic imine (C=N–C) groups is 1. The molecule has 2 atom stereocenters. The zero-order chi connectivity index (χ0) is 19.1. The van der Waals surface area contributed by atoms with E-state index in [-0.39, 0.29) is 30.0 Å². The van der Waals surface area contributed by atoms with Gasteiger partial charge in [0, 0.05) is 45.0 Å². The molecule has 2 N–H and O–H groups in total. The summed E-state index contributed by atoms with van der Waals surface area (Å²) in [5, 5.41) is 7.05. The highest BCUT2D eigenvalue weighted by Crippen LogP contribution is 2.24. The molecule has 6 heteroatoms. The second-order valence-electron chi connectivity index (χ2n) is 8.03. The highest BCUT2D eigenvalue weighted by atomic mass is 127. The summed E-state index contributed by atoms with van der Waals surface area (Å²) in [7, 11) is 1.85. The largest absolute Gasteiger partial charge is 0.372 e. The van der Waals surface area contributed by atoms with Crippen molar-refractivity contribution in [1.82, 2.24) is 15.5 Å². The maximum atomic E-state index is 4.42. The second kappa shape index (κ2) is 11.9. The molecular formula is C22H38IN5. The smallest absolute Gasteiger partial charge is 0.191 e. The molecule has 2 unspecified atom stereocenters. The van der Waals surface area contributed by atoms with Crippen molar-refractivity contribution in [3.05, 3.63) is 29.8 Å². The van der Waals surface area contributed by atoms with Gasteiger partial charge in [0.15, 0.2) is 5.96 Å². The summed E-state index contributed by atoms with van der Waals surface area (Å²) in [6.45, 7) is 10.2. The van der Waals surface area contributed by atoms with Gasteiger partial charge in [-0.15, -0.1) is 24.0 Å². The maximum absolute atomic E-state index is 4.42. The monoisotopic (exact) mass is 499 g/mol. The van der Waals surface area contributed by atoms with Gasteiger partial charge in [-0.3, -0.25) is 9.89 Å². The number of hydrogen-bond donors (Lipinski definition) is 2. The van der Waals surface area contributed by atoms with Gasteiger partial charge in [0.2, 0.25) is 0 Å². The zero-order valence-corrected chi connectivity index (χ0v) is 20.1. The molecule has 0 aliphatic carbocycles. The third kappa shape index (κ3) is 6.51. The Morgan fingerprint density at radius 3 is 2.64 bits per heavy atom. The highest BCUT2D eigenvalue weighted by molar-refractivity contribution is 14.0. The lowest BCUT2D eigenvalue weighted by Crippen LogP contribution is -2.45. The van der Waals surface area contributed by atoms with Crippen LogP contribution in [0.5, 0.6) is 0 Å². The first-order valence-electron chi connectivity index (χ1n) is 10.7. The summed E-state index contributed by atoms with van der Waals surface area (Å²) in [4.78, 5) is 9.50. The third-order valence-corrected chi connectivity index (χ3v) is 6.05. The van der Waals surface area contributed by atoms with Gasteiger partial charge in [-0.05, 0) is 63.8 Å². The number of benzene rings is 1. The average molecular weight is 499 g/mol. The fourth-order valence-corrected chi connectivity index (χ4v) is 4.26. The van der Waals surface area contributed by atoms with E-state index in [2.05, 4.69) is 63.5 Å². The summed E-state index contributed by atoms with van der Waals surface area (Å²) in [5.41, 5.74) is 2.66. The quantitative estimate of drug-likeness (QED) is 0.353. The number of nitrogens with zero attached hydrogens (tertiary/aromatic N) is 3. The number of hydrogen-bond acceptors (Lipinski definition) is 3. The first-order valence-corrected chi connectivity index (χ1v) is 10.7. The molecule has 2 aliphatic heterocycles. The van der Waals surface area contributed by atoms with Crippen molar-refractivity contribution in [3.8, 4) is 0 Å². The topological polar surface area (TPSA) is 42.9 Å². The van der Waals surface area contributed by atoms with Crippen LogP contribution in [0.4, 0.5) is 5.69 Å². The summed E-state index contributed by atoms with van der Waals surface area (Å²) in [5.74, 6) is 0.888. The van der Waals surface area contributed by atoms with Gasteiger partial charge in [0.05, 0.1) is 6.04 Å². The molecule has 1 aromatic rings. The van der Waals surface area contributed by atoms with Gasteiger partial charge in [-0.2, -0.15) is 0 Å². The van der Waals surface area contributed by atoms with E-state index < -0.39 is 0 Å². The number of rotatable bonds is 6. The first kappa shape index (κ1) is 23.3. The maximum Gasteiger partial charge on any atom is 0.191 e. The molecule has 2 saturated heterocycles. The molecule has 2 heterocycles. The van der Waals surface area contributed by atoms with Crippen LogP contribution in [0.2, 0.25) is 0 Å². The van der Waals surface area contributed by atoms with Crippen molar-refractivity contribution in [3.63, 3.8) is 0 Å². The molecule has 3 rings (SSSR count). The Bertz CT molecular complexity index is 615. The van der Waals surface area contributed by atoms with Crippen LogP contribution >= 0.6 is 24.0 Å². The lowest BCUT2D eigenvalue weighted by atomic mass is 10.0. The summed E-state index contributed by atoms with van der Waals surface area (Å²) in [6.07, 6.45) is 6.66. The van der Waals surface area contributed by atoms with E-state index in [0.29, 0.717) is 6.04 Å². The molecule has 28 heavy (non-hydrogen) atoms. The van der Waals surface area contributed by atoms with E-state index in [9.17, 15) is 0 Å². The lowest BCUT2D eigenvalue weighted by molar-refractivity contribution is 0.163. The van der Waals surface area contributed by atoms with Crippen molar-refractivity contribution >= 4 is 35.6 Å². The van der Waals surface area contributed by atoms with E-state index >= 15 is 0 Å². The SMILES string of the molecule is CN=C(NCCN1CCCCC1C)NC(C)c1cccc(N2CCCC2)c1.I. The molecule has 0 bridgehead atoms. The fraction of sp³-hybridized carbons (Fsp3) is 0.682. The summed E-state index contributed by atoms with van der Waals surface area (Å²) >= 11 is 0. The minimum atomic E-state index is 0. The Morgan fingerprint density at radius 2 is 1.93 bits per heavy atom. The van der Waals surface area contributed by atoms with E-state index in [1.54, 1.807) is 0 Å². The molecule has 158 valence electrons. The number of piperidine rings is 1. The Hall–Kier alpha value is -1.02. The highest BCUT2D eigenvalue weighted by Gasteiger charge is 2.18. The second-order valence-corrected chi connectivity index (χ2v) is 8.03. The van der Waals surface area contributed by atoms with Crippen LogP contribution in [-0.2, 0) is 0 Å². The van der Waals surface area contributed by atoms with E-state index in [1.807, 2.05) is 7.05 Å². The standard InChI is InChI=1S/C22H37N5.HI/c1-18-9-4-5-13-26(18)16-12-24-22(23-3)25-19(2)20-10-8-11-21(17-20)27-14-6-7-15-27;/h8,10-11,17-19H,4-7,9,12-16H2,1-3H3,(H2,23,24,25);1H. The molecule has 2 fully saturated rings. The van der Waals surface area contributed by atoms with Gasteiger partial charge < -0.3 is 15.5 Å². The molecule has 0 aromatic heterocycles. The Morgan fingerprint density at radius 1 is 1.18 bits per heavy atom. The first-order chi connectivity index (χ1) is 13.2. The van der Waals surface area contributed by atoms with E-state index in [0.717, 1.165) is 19.0 Å². The van der Waals surface area contributed by atoms with Crippen LogP contribution in [0.15, 0.2) is 29.3 Å². The Labute approximate surface area is 188 Å². The molecule has 0 spiro atoms. The van der Waals surface area contributed by atoms with E-state index in [4.69, 9.17) is 0 Å². The minimum Gasteiger partial charge on any atom is -0.372 e. The van der Waals surface area contributed by atoms with Gasteiger partial charge in [0.1, 0.15) is 0 Å². The van der Waals surface area contributed by atoms with Crippen LogP contribution in [0.3, 0.4) is 0 Å². The number of anilines is 1. The average Bonchev–Trinajstić information content (AvgIpc) is 3.23. The van der Waals surface area contributed by atoms with Gasteiger partial charge in [-0.25, -0.2) is 0 Å². The zero-order valence-electron chi connectivity index (χ0n) is 17.8. The molecule has 0 saturated carbocycles. The predicted octanol–water partition coefficient (Wildman–Crippen LogP) is 4.01. The fourth-order valence-electron chi connectivity index (χ4n) is 4.26. The lowest BCUT2D eigenvalue weighted by Gasteiger charge is -2.33. The van der Waals surface area contributed by atoms with Crippen LogP contribution in [0, 0.1) is 0 Å². The molecular weight excluding hydrogens is 461 g/mol. The Balaban J connectivity index is 0.00000280. The van der Waals surface area contributed by atoms with Crippen molar-refractivity contribution in [2.45, 2.75) is 58.0 Å². The summed E-state index contributed by atoms with van der Waals surface area (Å²) in [6, 6.07) is 9.88. The van der Waals surface area contributed by atoms with Crippen LogP contribution in [0.25, 0.3) is 0 Å². The van der Waals surface area contributed by atoms with Crippen molar-refractivity contribution in [2.75, 3.05) is 44.7 Å². The van der Waals surface area contributed by atoms with Crippen molar-refractivity contribution in [2.24, 2.45) is 4.99 Å². The Kier molecular flexibility index (Phi) is 9.85. The van der Waals surface area contributed by atoms with Gasteiger partial charge >= 0.3 is 0 Å². The van der Waals surface area contributed by atoms with E-state index in [1.165, 1.54) is 63.0 Å². The molecule has 1 aromatic carbocycles. The number of guanidine groups is 1. The van der Waals surface area contributed by atoms with Crippen molar-refractivity contribution < 1.29 is 0 Å². The van der Waals surface area contributed by atoms with Crippen LogP contribution in [0.1, 0.15) is 57.6 Å².